The number of carbonyl (C=O) groups excluding carboxylic acids is 1. The molecule has 2 aromatic carbocycles. The highest BCUT2D eigenvalue weighted by molar-refractivity contribution is 5.94. The van der Waals surface area contributed by atoms with Crippen molar-refractivity contribution in [2.24, 2.45) is 0 Å². The molecule has 3 aromatic rings. The van der Waals surface area contributed by atoms with Gasteiger partial charge in [0, 0.05) is 17.5 Å². The van der Waals surface area contributed by atoms with Gasteiger partial charge in [0.2, 0.25) is 0 Å². The molecule has 0 fully saturated rings. The normalized spacial score (nSPS) is 11.1. The summed E-state index contributed by atoms with van der Waals surface area (Å²) in [5.41, 5.74) is 2.68. The van der Waals surface area contributed by atoms with Gasteiger partial charge < -0.3 is 14.4 Å². The molecule has 0 unspecified atom stereocenters. The third-order valence-corrected chi connectivity index (χ3v) is 4.84. The number of hydrogen-bond donors (Lipinski definition) is 0. The van der Waals surface area contributed by atoms with Crippen molar-refractivity contribution in [2.45, 2.75) is 20.4 Å². The Hall–Kier alpha value is -2.86. The van der Waals surface area contributed by atoms with Gasteiger partial charge >= 0.3 is 5.97 Å². The summed E-state index contributed by atoms with van der Waals surface area (Å²) in [6, 6.07) is 15.8. The van der Waals surface area contributed by atoms with Gasteiger partial charge in [-0.25, -0.2) is 0 Å². The zero-order valence-electron chi connectivity index (χ0n) is 16.7. The minimum atomic E-state index is -0.326. The summed E-state index contributed by atoms with van der Waals surface area (Å²) >= 11 is 0. The molecule has 0 atom stereocenters. The number of benzene rings is 2. The second-order valence-electron chi connectivity index (χ2n) is 6.50. The maximum absolute atomic E-state index is 11.7. The van der Waals surface area contributed by atoms with Crippen molar-refractivity contribution in [2.75, 3.05) is 33.4 Å². The second-order valence-corrected chi connectivity index (χ2v) is 6.50. The van der Waals surface area contributed by atoms with Crippen LogP contribution in [0.3, 0.4) is 0 Å². The van der Waals surface area contributed by atoms with Crippen molar-refractivity contribution in [3.05, 3.63) is 48.5 Å². The molecule has 148 valence electrons. The van der Waals surface area contributed by atoms with Crippen molar-refractivity contribution in [1.29, 1.82) is 0 Å². The molecule has 1 heterocycles. The van der Waals surface area contributed by atoms with Crippen molar-refractivity contribution in [3.8, 4) is 17.0 Å². The van der Waals surface area contributed by atoms with Crippen LogP contribution in [0, 0.1) is 0 Å². The van der Waals surface area contributed by atoms with Crippen molar-refractivity contribution < 1.29 is 14.3 Å². The molecule has 3 rings (SSSR count). The van der Waals surface area contributed by atoms with Crippen molar-refractivity contribution >= 4 is 16.9 Å². The van der Waals surface area contributed by atoms with Gasteiger partial charge in [0.1, 0.15) is 24.6 Å². The summed E-state index contributed by atoms with van der Waals surface area (Å²) in [6.45, 7) is 7.96. The molecule has 0 saturated heterocycles. The molecule has 0 aliphatic rings. The Morgan fingerprint density at radius 3 is 2.64 bits per heavy atom. The highest BCUT2D eigenvalue weighted by Gasteiger charge is 2.15. The first-order chi connectivity index (χ1) is 13.7. The number of ether oxygens (including phenoxy) is 2. The van der Waals surface area contributed by atoms with E-state index >= 15 is 0 Å². The molecule has 0 saturated carbocycles. The third-order valence-electron chi connectivity index (χ3n) is 4.84. The van der Waals surface area contributed by atoms with E-state index in [0.29, 0.717) is 6.61 Å². The molecule has 0 aliphatic carbocycles. The molecule has 0 bridgehead atoms. The summed E-state index contributed by atoms with van der Waals surface area (Å²) in [7, 11) is 1.38. The Balaban J connectivity index is 1.85. The Labute approximate surface area is 165 Å². The van der Waals surface area contributed by atoms with Crippen LogP contribution in [-0.2, 0) is 16.1 Å². The van der Waals surface area contributed by atoms with Gasteiger partial charge in [-0.15, -0.1) is 0 Å². The Morgan fingerprint density at radius 2 is 1.89 bits per heavy atom. The minimum absolute atomic E-state index is 0.0804. The van der Waals surface area contributed by atoms with Crippen LogP contribution in [-0.4, -0.2) is 54.0 Å². The fourth-order valence-electron chi connectivity index (χ4n) is 3.21. The standard InChI is InChI=1S/C22H27N3O3/c1-4-24(5-2)13-14-28-18-10-8-9-17(15-18)22-19-11-6-7-12-20(19)25(23-22)16-21(26)27-3/h6-12,15H,4-5,13-14,16H2,1-3H3. The van der Waals surface area contributed by atoms with Crippen LogP contribution in [0.15, 0.2) is 48.5 Å². The number of aromatic nitrogens is 2. The molecular weight excluding hydrogens is 354 g/mol. The van der Waals surface area contributed by atoms with E-state index in [4.69, 9.17) is 9.47 Å². The molecule has 28 heavy (non-hydrogen) atoms. The van der Waals surface area contributed by atoms with Gasteiger partial charge in [-0.3, -0.25) is 9.48 Å². The molecule has 6 nitrogen and oxygen atoms in total. The number of carbonyl (C=O) groups is 1. The summed E-state index contributed by atoms with van der Waals surface area (Å²) in [5.74, 6) is 0.490. The molecule has 0 N–H and O–H groups in total. The Morgan fingerprint density at radius 1 is 1.11 bits per heavy atom. The van der Waals surface area contributed by atoms with E-state index in [1.807, 2.05) is 48.5 Å². The van der Waals surface area contributed by atoms with Gasteiger partial charge in [-0.2, -0.15) is 5.10 Å². The van der Waals surface area contributed by atoms with Gasteiger partial charge in [-0.05, 0) is 31.3 Å². The van der Waals surface area contributed by atoms with Crippen LogP contribution in [0.25, 0.3) is 22.2 Å². The molecule has 0 radical (unpaired) electrons. The van der Waals surface area contributed by atoms with Crippen LogP contribution in [0.5, 0.6) is 5.75 Å². The first-order valence-electron chi connectivity index (χ1n) is 9.64. The largest absolute Gasteiger partial charge is 0.492 e. The third kappa shape index (κ3) is 4.51. The monoisotopic (exact) mass is 381 g/mol. The van der Waals surface area contributed by atoms with Crippen molar-refractivity contribution in [3.63, 3.8) is 0 Å². The molecule has 6 heteroatoms. The summed E-state index contributed by atoms with van der Waals surface area (Å²) in [6.07, 6.45) is 0. The van der Waals surface area contributed by atoms with Gasteiger partial charge in [0.15, 0.2) is 0 Å². The number of hydrogen-bond acceptors (Lipinski definition) is 5. The highest BCUT2D eigenvalue weighted by atomic mass is 16.5. The Kier molecular flexibility index (Phi) is 6.66. The summed E-state index contributed by atoms with van der Waals surface area (Å²) in [5, 5.41) is 5.67. The van der Waals surface area contributed by atoms with E-state index in [0.717, 1.165) is 47.5 Å². The summed E-state index contributed by atoms with van der Waals surface area (Å²) in [4.78, 5) is 14.1. The van der Waals surface area contributed by atoms with Crippen LogP contribution >= 0.6 is 0 Å². The zero-order chi connectivity index (χ0) is 19.9. The molecular formula is C22H27N3O3. The number of rotatable bonds is 9. The quantitative estimate of drug-likeness (QED) is 0.530. The average Bonchev–Trinajstić information content (AvgIpc) is 3.10. The first-order valence-corrected chi connectivity index (χ1v) is 9.64. The van der Waals surface area contributed by atoms with Gasteiger partial charge in [0.05, 0.1) is 12.6 Å². The maximum atomic E-state index is 11.7. The van der Waals surface area contributed by atoms with E-state index in [-0.39, 0.29) is 12.5 Å². The zero-order valence-corrected chi connectivity index (χ0v) is 16.7. The Bertz CT molecular complexity index is 932. The van der Waals surface area contributed by atoms with Crippen LogP contribution in [0.2, 0.25) is 0 Å². The van der Waals surface area contributed by atoms with Gasteiger partial charge in [-0.1, -0.05) is 44.2 Å². The van der Waals surface area contributed by atoms with E-state index in [9.17, 15) is 4.79 Å². The number of para-hydroxylation sites is 1. The lowest BCUT2D eigenvalue weighted by molar-refractivity contribution is -0.141. The number of fused-ring (bicyclic) bond motifs is 1. The lowest BCUT2D eigenvalue weighted by atomic mass is 10.1. The smallest absolute Gasteiger partial charge is 0.327 e. The molecule has 0 amide bonds. The fourth-order valence-corrected chi connectivity index (χ4v) is 3.21. The average molecular weight is 381 g/mol. The second kappa shape index (κ2) is 9.37. The molecule has 0 aliphatic heterocycles. The topological polar surface area (TPSA) is 56.6 Å². The summed E-state index contributed by atoms with van der Waals surface area (Å²) < 4.78 is 12.4. The number of esters is 1. The lowest BCUT2D eigenvalue weighted by Gasteiger charge is -2.18. The number of methoxy groups -OCH3 is 1. The number of likely N-dealkylation sites (N-methyl/N-ethyl adjacent to an activating group) is 1. The van der Waals surface area contributed by atoms with Gasteiger partial charge in [0.25, 0.3) is 0 Å². The molecule has 1 aromatic heterocycles. The van der Waals surface area contributed by atoms with E-state index in [1.54, 1.807) is 4.68 Å². The first kappa shape index (κ1) is 19.9. The van der Waals surface area contributed by atoms with E-state index in [2.05, 4.69) is 23.8 Å². The number of nitrogens with zero attached hydrogens (tertiary/aromatic N) is 3. The van der Waals surface area contributed by atoms with E-state index in [1.165, 1.54) is 7.11 Å². The minimum Gasteiger partial charge on any atom is -0.492 e. The van der Waals surface area contributed by atoms with Crippen LogP contribution < -0.4 is 4.74 Å². The fraction of sp³-hybridized carbons (Fsp3) is 0.364. The predicted octanol–water partition coefficient (Wildman–Crippen LogP) is 3.60. The SMILES string of the molecule is CCN(CC)CCOc1cccc(-c2nn(CC(=O)OC)c3ccccc23)c1. The van der Waals surface area contributed by atoms with E-state index < -0.39 is 0 Å². The molecule has 0 spiro atoms. The highest BCUT2D eigenvalue weighted by Crippen LogP contribution is 2.30. The maximum Gasteiger partial charge on any atom is 0.327 e. The predicted molar refractivity (Wildman–Crippen MR) is 110 cm³/mol. The van der Waals surface area contributed by atoms with Crippen LogP contribution in [0.4, 0.5) is 0 Å². The van der Waals surface area contributed by atoms with Crippen molar-refractivity contribution in [1.82, 2.24) is 14.7 Å². The lowest BCUT2D eigenvalue weighted by Crippen LogP contribution is -2.27. The van der Waals surface area contributed by atoms with Crippen LogP contribution in [0.1, 0.15) is 13.8 Å².